The number of hydrogen-bond donors (Lipinski definition) is 2. The molecule has 4 nitrogen and oxygen atoms in total. The van der Waals surface area contributed by atoms with E-state index < -0.39 is 0 Å². The molecular formula is C16H20N2O2. The van der Waals surface area contributed by atoms with Crippen molar-refractivity contribution in [3.8, 4) is 11.5 Å². The summed E-state index contributed by atoms with van der Waals surface area (Å²) in [6, 6.07) is 4.20. The lowest BCUT2D eigenvalue weighted by Crippen LogP contribution is -2.28. The molecule has 1 fully saturated rings. The summed E-state index contributed by atoms with van der Waals surface area (Å²) in [5.41, 5.74) is 3.89. The summed E-state index contributed by atoms with van der Waals surface area (Å²) < 4.78 is 11.0. The first-order chi connectivity index (χ1) is 9.81. The van der Waals surface area contributed by atoms with Gasteiger partial charge in [0.1, 0.15) is 0 Å². The van der Waals surface area contributed by atoms with Gasteiger partial charge in [0.25, 0.3) is 0 Å². The van der Waals surface area contributed by atoms with Crippen molar-refractivity contribution < 1.29 is 9.47 Å². The number of nitrogens with one attached hydrogen (secondary N) is 2. The van der Waals surface area contributed by atoms with Crippen molar-refractivity contribution in [3.63, 3.8) is 0 Å². The lowest BCUT2D eigenvalue weighted by atomic mass is 9.90. The van der Waals surface area contributed by atoms with Gasteiger partial charge in [-0.1, -0.05) is 0 Å². The number of ether oxygens (including phenoxy) is 2. The van der Waals surface area contributed by atoms with Gasteiger partial charge in [0, 0.05) is 22.7 Å². The molecule has 0 unspecified atom stereocenters. The highest BCUT2D eigenvalue weighted by Gasteiger charge is 2.21. The number of hydrogen-bond acceptors (Lipinski definition) is 3. The summed E-state index contributed by atoms with van der Waals surface area (Å²) in [7, 11) is 0. The average molecular weight is 272 g/mol. The van der Waals surface area contributed by atoms with Gasteiger partial charge in [-0.2, -0.15) is 0 Å². The van der Waals surface area contributed by atoms with Crippen LogP contribution in [0.25, 0.3) is 10.9 Å². The number of aryl methyl sites for hydroxylation is 1. The topological polar surface area (TPSA) is 46.3 Å². The van der Waals surface area contributed by atoms with Crippen molar-refractivity contribution in [3.05, 3.63) is 23.4 Å². The Bertz CT molecular complexity index is 641. The Morgan fingerprint density at radius 3 is 2.70 bits per heavy atom. The van der Waals surface area contributed by atoms with Crippen LogP contribution in [0.1, 0.15) is 24.1 Å². The molecule has 0 amide bonds. The molecule has 0 aliphatic carbocycles. The van der Waals surface area contributed by atoms with E-state index in [0.717, 1.165) is 42.4 Å². The third-order valence-corrected chi connectivity index (χ3v) is 4.56. The number of aromatic nitrogens is 1. The van der Waals surface area contributed by atoms with Gasteiger partial charge < -0.3 is 19.8 Å². The molecule has 3 heterocycles. The molecule has 0 saturated carbocycles. The maximum Gasteiger partial charge on any atom is 0.231 e. The first-order valence-corrected chi connectivity index (χ1v) is 7.43. The molecule has 2 aromatic rings. The summed E-state index contributed by atoms with van der Waals surface area (Å²) in [6.45, 7) is 4.81. The predicted octanol–water partition coefficient (Wildman–Crippen LogP) is 2.75. The first kappa shape index (κ1) is 12.1. The van der Waals surface area contributed by atoms with E-state index >= 15 is 0 Å². The largest absolute Gasteiger partial charge is 0.454 e. The summed E-state index contributed by atoms with van der Waals surface area (Å²) in [5, 5.41) is 4.73. The summed E-state index contributed by atoms with van der Waals surface area (Å²) >= 11 is 0. The molecule has 2 aliphatic heterocycles. The highest BCUT2D eigenvalue weighted by Crippen LogP contribution is 2.38. The Morgan fingerprint density at radius 2 is 1.90 bits per heavy atom. The zero-order chi connectivity index (χ0) is 13.5. The smallest absolute Gasteiger partial charge is 0.231 e. The number of aromatic amines is 1. The van der Waals surface area contributed by atoms with E-state index in [1.54, 1.807) is 0 Å². The molecule has 0 radical (unpaired) electrons. The van der Waals surface area contributed by atoms with Gasteiger partial charge in [-0.15, -0.1) is 0 Å². The number of piperidine rings is 1. The Hall–Kier alpha value is -1.68. The molecule has 4 heteroatoms. The Labute approximate surface area is 118 Å². The van der Waals surface area contributed by atoms with Crippen molar-refractivity contribution in [1.82, 2.24) is 10.3 Å². The molecule has 1 aromatic heterocycles. The molecule has 4 rings (SSSR count). The van der Waals surface area contributed by atoms with E-state index in [2.05, 4.69) is 29.4 Å². The van der Waals surface area contributed by atoms with Crippen LogP contribution in [0, 0.1) is 12.8 Å². The quantitative estimate of drug-likeness (QED) is 0.883. The zero-order valence-corrected chi connectivity index (χ0v) is 11.8. The second kappa shape index (κ2) is 4.70. The highest BCUT2D eigenvalue weighted by molar-refractivity contribution is 5.88. The van der Waals surface area contributed by atoms with Crippen molar-refractivity contribution in [2.75, 3.05) is 19.9 Å². The average Bonchev–Trinajstić information content (AvgIpc) is 3.03. The molecule has 0 spiro atoms. The third kappa shape index (κ3) is 1.95. The van der Waals surface area contributed by atoms with Crippen molar-refractivity contribution in [1.29, 1.82) is 0 Å². The minimum Gasteiger partial charge on any atom is -0.454 e. The van der Waals surface area contributed by atoms with Crippen LogP contribution in [-0.2, 0) is 6.42 Å². The molecule has 0 atom stereocenters. The SMILES string of the molecule is Cc1[nH]c2cc3c(cc2c1CC1CCNCC1)OCO3. The lowest BCUT2D eigenvalue weighted by molar-refractivity contribution is 0.174. The third-order valence-electron chi connectivity index (χ3n) is 4.56. The van der Waals surface area contributed by atoms with Gasteiger partial charge in [-0.25, -0.2) is 0 Å². The van der Waals surface area contributed by atoms with Gasteiger partial charge in [-0.3, -0.25) is 0 Å². The second-order valence-electron chi connectivity index (χ2n) is 5.88. The minimum absolute atomic E-state index is 0.338. The highest BCUT2D eigenvalue weighted by atomic mass is 16.7. The molecule has 2 N–H and O–H groups in total. The van der Waals surface area contributed by atoms with Crippen LogP contribution in [0.2, 0.25) is 0 Å². The van der Waals surface area contributed by atoms with Crippen LogP contribution >= 0.6 is 0 Å². The molecule has 106 valence electrons. The van der Waals surface area contributed by atoms with E-state index in [1.165, 1.54) is 29.5 Å². The van der Waals surface area contributed by atoms with Gasteiger partial charge in [0.15, 0.2) is 11.5 Å². The standard InChI is InChI=1S/C16H20N2O2/c1-10-12(6-11-2-4-17-5-3-11)13-7-15-16(20-9-19-15)8-14(13)18-10/h7-8,11,17-18H,2-6,9H2,1H3. The normalized spacial score (nSPS) is 18.9. The first-order valence-electron chi connectivity index (χ1n) is 7.43. The Balaban J connectivity index is 1.72. The number of benzene rings is 1. The van der Waals surface area contributed by atoms with Crippen LogP contribution in [-0.4, -0.2) is 24.9 Å². The van der Waals surface area contributed by atoms with Crippen molar-refractivity contribution in [2.24, 2.45) is 5.92 Å². The van der Waals surface area contributed by atoms with E-state index in [9.17, 15) is 0 Å². The van der Waals surface area contributed by atoms with Gasteiger partial charge in [0.2, 0.25) is 6.79 Å². The fraction of sp³-hybridized carbons (Fsp3) is 0.500. The summed E-state index contributed by atoms with van der Waals surface area (Å²) in [4.78, 5) is 3.50. The lowest BCUT2D eigenvalue weighted by Gasteiger charge is -2.22. The fourth-order valence-electron chi connectivity index (χ4n) is 3.41. The minimum atomic E-state index is 0.338. The van der Waals surface area contributed by atoms with Crippen LogP contribution < -0.4 is 14.8 Å². The van der Waals surface area contributed by atoms with Crippen LogP contribution in [0.5, 0.6) is 11.5 Å². The van der Waals surface area contributed by atoms with Crippen molar-refractivity contribution >= 4 is 10.9 Å². The molecule has 1 aromatic carbocycles. The summed E-state index contributed by atoms with van der Waals surface area (Å²) in [5.74, 6) is 2.52. The number of H-pyrrole nitrogens is 1. The van der Waals surface area contributed by atoms with Gasteiger partial charge in [-0.05, 0) is 56.8 Å². The molecule has 1 saturated heterocycles. The molecular weight excluding hydrogens is 252 g/mol. The zero-order valence-electron chi connectivity index (χ0n) is 11.8. The maximum atomic E-state index is 5.51. The summed E-state index contributed by atoms with van der Waals surface area (Å²) in [6.07, 6.45) is 3.71. The van der Waals surface area contributed by atoms with E-state index in [0.29, 0.717) is 6.79 Å². The monoisotopic (exact) mass is 272 g/mol. The second-order valence-corrected chi connectivity index (χ2v) is 5.88. The van der Waals surface area contributed by atoms with E-state index in [4.69, 9.17) is 9.47 Å². The van der Waals surface area contributed by atoms with Crippen LogP contribution in [0.3, 0.4) is 0 Å². The van der Waals surface area contributed by atoms with E-state index in [1.807, 2.05) is 0 Å². The Kier molecular flexibility index (Phi) is 2.84. The Morgan fingerprint density at radius 1 is 1.15 bits per heavy atom. The van der Waals surface area contributed by atoms with Crippen molar-refractivity contribution in [2.45, 2.75) is 26.2 Å². The number of fused-ring (bicyclic) bond motifs is 2. The molecule has 20 heavy (non-hydrogen) atoms. The molecule has 2 aliphatic rings. The van der Waals surface area contributed by atoms with Gasteiger partial charge in [0.05, 0.1) is 0 Å². The predicted molar refractivity (Wildman–Crippen MR) is 78.5 cm³/mol. The van der Waals surface area contributed by atoms with Gasteiger partial charge >= 0.3 is 0 Å². The maximum absolute atomic E-state index is 5.51. The number of rotatable bonds is 2. The fourth-order valence-corrected chi connectivity index (χ4v) is 3.41. The van der Waals surface area contributed by atoms with Crippen LogP contribution in [0.15, 0.2) is 12.1 Å². The van der Waals surface area contributed by atoms with E-state index in [-0.39, 0.29) is 0 Å². The molecule has 0 bridgehead atoms. The van der Waals surface area contributed by atoms with Crippen LogP contribution in [0.4, 0.5) is 0 Å².